The van der Waals surface area contributed by atoms with Crippen molar-refractivity contribution in [3.63, 3.8) is 0 Å². The average Bonchev–Trinajstić information content (AvgIpc) is 2.88. The van der Waals surface area contributed by atoms with Crippen molar-refractivity contribution in [2.45, 2.75) is 64.1 Å². The van der Waals surface area contributed by atoms with Crippen molar-refractivity contribution in [3.8, 4) is 0 Å². The lowest BCUT2D eigenvalue weighted by Gasteiger charge is -2.37. The quantitative estimate of drug-likeness (QED) is 0.758. The summed E-state index contributed by atoms with van der Waals surface area (Å²) in [6.45, 7) is 5.26. The topological polar surface area (TPSA) is 29.5 Å². The largest absolute Gasteiger partial charge is 0.433 e. The zero-order chi connectivity index (χ0) is 15.7. The van der Waals surface area contributed by atoms with E-state index in [0.29, 0.717) is 37.8 Å². The third kappa shape index (κ3) is 3.46. The highest BCUT2D eigenvalue weighted by molar-refractivity contribution is 5.68. The van der Waals surface area contributed by atoms with E-state index in [0.717, 1.165) is 12.8 Å². The van der Waals surface area contributed by atoms with Crippen LogP contribution in [0.1, 0.15) is 52.4 Å². The third-order valence-electron chi connectivity index (χ3n) is 4.95. The average molecular weight is 307 g/mol. The number of rotatable bonds is 2. The van der Waals surface area contributed by atoms with Gasteiger partial charge in [0.05, 0.1) is 0 Å². The van der Waals surface area contributed by atoms with Crippen molar-refractivity contribution >= 4 is 6.09 Å². The number of hydrogen-bond acceptors (Lipinski definition) is 2. The summed E-state index contributed by atoms with van der Waals surface area (Å²) in [7, 11) is 0. The molecule has 2 aliphatic rings. The van der Waals surface area contributed by atoms with E-state index in [1.54, 1.807) is 0 Å². The van der Waals surface area contributed by atoms with Gasteiger partial charge in [-0.2, -0.15) is 13.2 Å². The molecule has 0 aromatic heterocycles. The molecule has 3 nitrogen and oxygen atoms in total. The summed E-state index contributed by atoms with van der Waals surface area (Å²) in [4.78, 5) is 13.5. The zero-order valence-electron chi connectivity index (χ0n) is 12.7. The number of carbonyl (C=O) groups is 1. The number of halogens is 3. The van der Waals surface area contributed by atoms with Crippen LogP contribution in [0.3, 0.4) is 0 Å². The molecule has 122 valence electrons. The summed E-state index contributed by atoms with van der Waals surface area (Å²) in [5.41, 5.74) is -2.25. The summed E-state index contributed by atoms with van der Waals surface area (Å²) < 4.78 is 44.6. The molecule has 2 rings (SSSR count). The Morgan fingerprint density at radius 1 is 1.19 bits per heavy atom. The van der Waals surface area contributed by atoms with Crippen LogP contribution >= 0.6 is 0 Å². The molecule has 1 aliphatic heterocycles. The highest BCUT2D eigenvalue weighted by Crippen LogP contribution is 2.46. The lowest BCUT2D eigenvalue weighted by Crippen LogP contribution is -2.50. The molecule has 0 N–H and O–H groups in total. The zero-order valence-corrected chi connectivity index (χ0v) is 12.7. The van der Waals surface area contributed by atoms with Gasteiger partial charge in [-0.05, 0) is 50.4 Å². The normalized spacial score (nSPS) is 23.6. The number of likely N-dealkylation sites (tertiary alicyclic amines) is 1. The van der Waals surface area contributed by atoms with Gasteiger partial charge >= 0.3 is 12.3 Å². The van der Waals surface area contributed by atoms with Gasteiger partial charge in [-0.15, -0.1) is 0 Å². The van der Waals surface area contributed by atoms with Gasteiger partial charge < -0.3 is 9.64 Å². The molecule has 6 heteroatoms. The van der Waals surface area contributed by atoms with Crippen LogP contribution in [0, 0.1) is 11.8 Å². The minimum atomic E-state index is -4.48. The molecule has 21 heavy (non-hydrogen) atoms. The minimum Gasteiger partial charge on any atom is -0.433 e. The first-order valence-corrected chi connectivity index (χ1v) is 7.80. The fourth-order valence-corrected chi connectivity index (χ4v) is 3.37. The summed E-state index contributed by atoms with van der Waals surface area (Å²) in [6, 6.07) is 0. The van der Waals surface area contributed by atoms with Crippen molar-refractivity contribution in [1.29, 1.82) is 0 Å². The molecule has 0 spiro atoms. The van der Waals surface area contributed by atoms with Gasteiger partial charge in [0.15, 0.2) is 0 Å². The molecule has 1 saturated carbocycles. The van der Waals surface area contributed by atoms with E-state index >= 15 is 0 Å². The Morgan fingerprint density at radius 3 is 2.14 bits per heavy atom. The van der Waals surface area contributed by atoms with E-state index in [-0.39, 0.29) is 12.8 Å². The number of nitrogens with zero attached hydrogens (tertiary/aromatic N) is 1. The lowest BCUT2D eigenvalue weighted by atomic mass is 9.87. The second-order valence-corrected chi connectivity index (χ2v) is 6.64. The molecule has 1 heterocycles. The Kier molecular flexibility index (Phi) is 4.73. The maximum absolute atomic E-state index is 13.2. The Balaban J connectivity index is 1.95. The van der Waals surface area contributed by atoms with Crippen molar-refractivity contribution < 1.29 is 22.7 Å². The fourth-order valence-electron chi connectivity index (χ4n) is 3.37. The van der Waals surface area contributed by atoms with Crippen LogP contribution < -0.4 is 0 Å². The van der Waals surface area contributed by atoms with E-state index in [1.165, 1.54) is 4.90 Å². The van der Waals surface area contributed by atoms with E-state index < -0.39 is 17.9 Å². The maximum Gasteiger partial charge on any atom is 0.428 e. The van der Waals surface area contributed by atoms with E-state index in [9.17, 15) is 18.0 Å². The summed E-state index contributed by atoms with van der Waals surface area (Å²) in [5.74, 6) is 1.08. The first-order valence-electron chi connectivity index (χ1n) is 7.80. The van der Waals surface area contributed by atoms with Crippen molar-refractivity contribution in [2.75, 3.05) is 13.1 Å². The predicted octanol–water partition coefficient (Wildman–Crippen LogP) is 4.37. The summed E-state index contributed by atoms with van der Waals surface area (Å²) in [5, 5.41) is 0. The number of carbonyl (C=O) groups excluding carboxylic acids is 1. The summed E-state index contributed by atoms with van der Waals surface area (Å²) in [6.07, 6.45) is -2.89. The molecule has 1 aliphatic carbocycles. The third-order valence-corrected chi connectivity index (χ3v) is 4.95. The molecule has 0 aromatic rings. The number of alkyl halides is 3. The van der Waals surface area contributed by atoms with Gasteiger partial charge in [0.25, 0.3) is 0 Å². The molecule has 0 atom stereocenters. The Hall–Kier alpha value is -0.940. The van der Waals surface area contributed by atoms with Gasteiger partial charge in [-0.1, -0.05) is 13.8 Å². The van der Waals surface area contributed by atoms with Crippen molar-refractivity contribution in [2.24, 2.45) is 11.8 Å². The van der Waals surface area contributed by atoms with Crippen LogP contribution in [-0.2, 0) is 4.74 Å². The van der Waals surface area contributed by atoms with Crippen LogP contribution in [0.5, 0.6) is 0 Å². The molecule has 2 fully saturated rings. The maximum atomic E-state index is 13.2. The molecule has 0 bridgehead atoms. The van der Waals surface area contributed by atoms with E-state index in [1.807, 2.05) is 0 Å². The SMILES string of the molecule is CC(C)C1CCN(C(=O)OC2(C(F)(F)F)CCCC2)CC1. The molecule has 0 aromatic carbocycles. The molecule has 0 radical (unpaired) electrons. The Labute approximate surface area is 123 Å². The molecule has 0 unspecified atom stereocenters. The fraction of sp³-hybridized carbons (Fsp3) is 0.933. The van der Waals surface area contributed by atoms with Gasteiger partial charge in [-0.25, -0.2) is 4.79 Å². The number of amides is 1. The van der Waals surface area contributed by atoms with Gasteiger partial charge in [0.1, 0.15) is 0 Å². The monoisotopic (exact) mass is 307 g/mol. The van der Waals surface area contributed by atoms with Crippen LogP contribution in [0.15, 0.2) is 0 Å². The second-order valence-electron chi connectivity index (χ2n) is 6.64. The van der Waals surface area contributed by atoms with Gasteiger partial charge in [-0.3, -0.25) is 0 Å². The van der Waals surface area contributed by atoms with E-state index in [4.69, 9.17) is 4.74 Å². The van der Waals surface area contributed by atoms with Gasteiger partial charge in [0.2, 0.25) is 5.60 Å². The molecule has 1 amide bonds. The van der Waals surface area contributed by atoms with Gasteiger partial charge in [0, 0.05) is 13.1 Å². The van der Waals surface area contributed by atoms with Crippen molar-refractivity contribution in [3.05, 3.63) is 0 Å². The first-order chi connectivity index (χ1) is 9.75. The Bertz CT molecular complexity index is 368. The van der Waals surface area contributed by atoms with Crippen LogP contribution in [0.4, 0.5) is 18.0 Å². The van der Waals surface area contributed by atoms with Crippen LogP contribution in [0.25, 0.3) is 0 Å². The first kappa shape index (κ1) is 16.4. The number of ether oxygens (including phenoxy) is 1. The molecular weight excluding hydrogens is 283 g/mol. The highest BCUT2D eigenvalue weighted by Gasteiger charge is 2.59. The standard InChI is InChI=1S/C15H24F3NO2/c1-11(2)12-5-9-19(10-6-12)13(20)21-14(15(16,17)18)7-3-4-8-14/h11-12H,3-10H2,1-2H3. The summed E-state index contributed by atoms with van der Waals surface area (Å²) >= 11 is 0. The lowest BCUT2D eigenvalue weighted by molar-refractivity contribution is -0.258. The van der Waals surface area contributed by atoms with E-state index in [2.05, 4.69) is 13.8 Å². The van der Waals surface area contributed by atoms with Crippen LogP contribution in [0.2, 0.25) is 0 Å². The number of piperidine rings is 1. The Morgan fingerprint density at radius 2 is 1.71 bits per heavy atom. The molecular formula is C15H24F3NO2. The minimum absolute atomic E-state index is 0.106. The highest BCUT2D eigenvalue weighted by atomic mass is 19.4. The molecule has 1 saturated heterocycles. The van der Waals surface area contributed by atoms with Crippen molar-refractivity contribution in [1.82, 2.24) is 4.90 Å². The second kappa shape index (κ2) is 6.05. The smallest absolute Gasteiger partial charge is 0.428 e. The number of hydrogen-bond donors (Lipinski definition) is 0. The predicted molar refractivity (Wildman–Crippen MR) is 72.9 cm³/mol. The van der Waals surface area contributed by atoms with Crippen LogP contribution in [-0.4, -0.2) is 35.9 Å².